The first kappa shape index (κ1) is 16.8. The summed E-state index contributed by atoms with van der Waals surface area (Å²) in [6.45, 7) is -0.292. The van der Waals surface area contributed by atoms with Crippen LogP contribution in [0.2, 0.25) is 0 Å². The van der Waals surface area contributed by atoms with E-state index in [4.69, 9.17) is 11.6 Å². The highest BCUT2D eigenvalue weighted by Crippen LogP contribution is 2.35. The number of guanidine groups is 1. The van der Waals surface area contributed by atoms with Crippen molar-refractivity contribution in [2.24, 2.45) is 16.6 Å². The van der Waals surface area contributed by atoms with Crippen LogP contribution >= 0.6 is 11.8 Å². The van der Waals surface area contributed by atoms with Crippen LogP contribution in [0.3, 0.4) is 0 Å². The summed E-state index contributed by atoms with van der Waals surface area (Å²) in [4.78, 5) is 31.1. The third kappa shape index (κ3) is 4.75. The van der Waals surface area contributed by atoms with E-state index in [1.807, 2.05) is 11.8 Å². The molecular weight excluding hydrogens is 308 g/mol. The number of fused-ring (bicyclic) bond motifs is 1. The van der Waals surface area contributed by atoms with Crippen molar-refractivity contribution in [1.29, 1.82) is 0 Å². The lowest BCUT2D eigenvalue weighted by molar-refractivity contribution is -0.131. The second-order valence-corrected chi connectivity index (χ2v) is 6.55. The number of hydrazine groups is 1. The Morgan fingerprint density at radius 2 is 2.14 bits per heavy atom. The molecule has 0 unspecified atom stereocenters. The molecule has 124 valence electrons. The Kier molecular flexibility index (Phi) is 6.28. The lowest BCUT2D eigenvalue weighted by atomic mass is 10.0. The molecule has 2 rings (SSSR count). The number of carbonyl (C=O) groups is 2. The van der Waals surface area contributed by atoms with Crippen molar-refractivity contribution in [3.05, 3.63) is 0 Å². The molecule has 0 saturated carbocycles. The monoisotopic (exact) mass is 330 g/mol. The Hall–Kier alpha value is -1.52. The summed E-state index contributed by atoms with van der Waals surface area (Å²) in [7, 11) is 0. The number of hydrogen-bond acceptors (Lipinski definition) is 8. The van der Waals surface area contributed by atoms with Crippen LogP contribution in [-0.2, 0) is 14.4 Å². The highest BCUT2D eigenvalue weighted by molar-refractivity contribution is 8.00. The maximum absolute atomic E-state index is 11.5. The quantitative estimate of drug-likeness (QED) is 0.278. The number of carbonyl (C=O) groups excluding carboxylic acids is 2. The predicted molar refractivity (Wildman–Crippen MR) is 83.5 cm³/mol. The Labute approximate surface area is 132 Å². The van der Waals surface area contributed by atoms with Gasteiger partial charge in [-0.1, -0.05) is 6.42 Å². The predicted octanol–water partition coefficient (Wildman–Crippen LogP) is -1.64. The third-order valence-corrected chi connectivity index (χ3v) is 5.10. The highest BCUT2D eigenvalue weighted by Gasteiger charge is 2.39. The van der Waals surface area contributed by atoms with E-state index in [1.165, 1.54) is 0 Å². The molecule has 7 N–H and O–H groups in total. The van der Waals surface area contributed by atoms with Gasteiger partial charge in [-0.05, 0) is 12.8 Å². The normalized spacial score (nSPS) is 26.0. The number of rotatable bonds is 7. The van der Waals surface area contributed by atoms with E-state index < -0.39 is 5.91 Å². The van der Waals surface area contributed by atoms with Crippen molar-refractivity contribution in [3.8, 4) is 0 Å². The topological polar surface area (TPSA) is 144 Å². The van der Waals surface area contributed by atoms with Gasteiger partial charge < -0.3 is 11.1 Å². The van der Waals surface area contributed by atoms with Gasteiger partial charge in [0.25, 0.3) is 5.91 Å². The Bertz CT molecular complexity index is 447. The van der Waals surface area contributed by atoms with Gasteiger partial charge in [0.1, 0.15) is 6.61 Å². The Morgan fingerprint density at radius 1 is 1.36 bits per heavy atom. The van der Waals surface area contributed by atoms with Crippen LogP contribution in [0.1, 0.15) is 25.7 Å². The fourth-order valence-corrected chi connectivity index (χ4v) is 4.09. The van der Waals surface area contributed by atoms with Crippen LogP contribution < -0.4 is 27.8 Å². The zero-order chi connectivity index (χ0) is 15.9. The number of hydrogen-bond donors (Lipinski definition) is 5. The van der Waals surface area contributed by atoms with Crippen LogP contribution in [0.5, 0.6) is 0 Å². The minimum Gasteiger partial charge on any atom is -0.370 e. The first-order valence-corrected chi connectivity index (χ1v) is 8.26. The molecule has 1 fully saturated rings. The molecule has 0 aliphatic carbocycles. The van der Waals surface area contributed by atoms with E-state index in [1.54, 1.807) is 0 Å². The molecule has 0 aromatic heterocycles. The van der Waals surface area contributed by atoms with Crippen molar-refractivity contribution in [2.75, 3.05) is 12.4 Å². The second kappa shape index (κ2) is 8.20. The largest absolute Gasteiger partial charge is 0.370 e. The maximum Gasteiger partial charge on any atom is 0.266 e. The van der Waals surface area contributed by atoms with Gasteiger partial charge in [0.2, 0.25) is 5.91 Å². The van der Waals surface area contributed by atoms with Crippen LogP contribution in [0.25, 0.3) is 0 Å². The lowest BCUT2D eigenvalue weighted by Gasteiger charge is -2.14. The van der Waals surface area contributed by atoms with Crippen LogP contribution in [0, 0.1) is 0 Å². The summed E-state index contributed by atoms with van der Waals surface area (Å²) >= 11 is 1.91. The number of aliphatic imine (C=N–C) groups is 1. The summed E-state index contributed by atoms with van der Waals surface area (Å²) in [6, 6.07) is 0.618. The van der Waals surface area contributed by atoms with E-state index in [-0.39, 0.29) is 18.6 Å². The van der Waals surface area contributed by atoms with Gasteiger partial charge in [0.05, 0.1) is 12.1 Å². The van der Waals surface area contributed by atoms with Gasteiger partial charge in [-0.2, -0.15) is 11.8 Å². The van der Waals surface area contributed by atoms with E-state index >= 15 is 0 Å². The van der Waals surface area contributed by atoms with Crippen molar-refractivity contribution < 1.29 is 14.4 Å². The second-order valence-electron chi connectivity index (χ2n) is 5.28. The molecule has 2 aliphatic rings. The number of nitrogens with two attached hydrogens (primary N) is 2. The molecule has 2 heterocycles. The zero-order valence-electron chi connectivity index (χ0n) is 12.2. The Balaban J connectivity index is 1.56. The molecule has 0 spiro atoms. The molecule has 0 radical (unpaired) electrons. The van der Waals surface area contributed by atoms with Crippen LogP contribution in [-0.4, -0.2) is 47.5 Å². The van der Waals surface area contributed by atoms with Gasteiger partial charge >= 0.3 is 0 Å². The van der Waals surface area contributed by atoms with Crippen molar-refractivity contribution in [3.63, 3.8) is 0 Å². The summed E-state index contributed by atoms with van der Waals surface area (Å²) in [5.41, 5.74) is 10.2. The molecule has 10 heteroatoms. The minimum atomic E-state index is -0.492. The van der Waals surface area contributed by atoms with E-state index in [0.717, 1.165) is 25.0 Å². The first-order chi connectivity index (χ1) is 10.6. The molecule has 0 aromatic rings. The van der Waals surface area contributed by atoms with Gasteiger partial charge in [-0.15, -0.1) is 0 Å². The molecule has 9 nitrogen and oxygen atoms in total. The van der Waals surface area contributed by atoms with Crippen LogP contribution in [0.4, 0.5) is 0 Å². The SMILES string of the molecule is NOCC(=O)NNC(=O)CCCC[C@@H]1SC[C@@H]2NC(N)=N[C@@H]21. The number of amides is 2. The lowest BCUT2D eigenvalue weighted by Crippen LogP contribution is -2.43. The number of nitrogens with zero attached hydrogens (tertiary/aromatic N) is 1. The molecular formula is C12H22N6O3S. The van der Waals surface area contributed by atoms with E-state index in [9.17, 15) is 9.59 Å². The van der Waals surface area contributed by atoms with Crippen molar-refractivity contribution in [1.82, 2.24) is 16.2 Å². The summed E-state index contributed by atoms with van der Waals surface area (Å²) in [5, 5.41) is 3.64. The average Bonchev–Trinajstić information content (AvgIpc) is 3.01. The summed E-state index contributed by atoms with van der Waals surface area (Å²) < 4.78 is 0. The standard InChI is InChI=1S/C12H22N6O3S/c13-12-15-7-6-22-8(11(7)16-12)3-1-2-4-9(19)17-18-10(20)5-21-14/h7-8,11H,1-6,14H2,(H,17,19)(H,18,20)(H3,13,15,16)/t7-,8-,11-/m0/s1. The molecule has 0 aromatic carbocycles. The number of thioether (sulfide) groups is 1. The molecule has 2 aliphatic heterocycles. The van der Waals surface area contributed by atoms with Gasteiger partial charge in [0, 0.05) is 17.4 Å². The first-order valence-electron chi connectivity index (χ1n) is 7.21. The van der Waals surface area contributed by atoms with Gasteiger partial charge in [0.15, 0.2) is 5.96 Å². The van der Waals surface area contributed by atoms with E-state index in [2.05, 4.69) is 26.0 Å². The fourth-order valence-electron chi connectivity index (χ4n) is 2.57. The highest BCUT2D eigenvalue weighted by atomic mass is 32.2. The van der Waals surface area contributed by atoms with Gasteiger partial charge in [-0.25, -0.2) is 10.9 Å². The number of unbranched alkanes of at least 4 members (excludes halogenated alkanes) is 1. The van der Waals surface area contributed by atoms with Crippen molar-refractivity contribution in [2.45, 2.75) is 43.0 Å². The Morgan fingerprint density at radius 3 is 2.91 bits per heavy atom. The van der Waals surface area contributed by atoms with E-state index in [0.29, 0.717) is 23.7 Å². The smallest absolute Gasteiger partial charge is 0.266 e. The average molecular weight is 330 g/mol. The number of nitrogens with one attached hydrogen (secondary N) is 3. The van der Waals surface area contributed by atoms with Crippen LogP contribution in [0.15, 0.2) is 4.99 Å². The zero-order valence-corrected chi connectivity index (χ0v) is 13.0. The van der Waals surface area contributed by atoms with Crippen molar-refractivity contribution >= 4 is 29.5 Å². The molecule has 0 bridgehead atoms. The molecule has 2 amide bonds. The van der Waals surface area contributed by atoms with Gasteiger partial charge in [-0.3, -0.25) is 25.3 Å². The fraction of sp³-hybridized carbons (Fsp3) is 0.750. The summed E-state index contributed by atoms with van der Waals surface area (Å²) in [5.74, 6) is 5.58. The third-order valence-electron chi connectivity index (χ3n) is 3.60. The maximum atomic E-state index is 11.5. The summed E-state index contributed by atoms with van der Waals surface area (Å²) in [6.07, 6.45) is 3.06. The molecule has 3 atom stereocenters. The minimum absolute atomic E-state index is 0.230. The molecule has 1 saturated heterocycles. The molecule has 22 heavy (non-hydrogen) atoms.